The van der Waals surface area contributed by atoms with Gasteiger partial charge in [-0.1, -0.05) is 18.8 Å². The van der Waals surface area contributed by atoms with Gasteiger partial charge in [-0.3, -0.25) is 9.59 Å². The molecule has 0 bridgehead atoms. The third-order valence-electron chi connectivity index (χ3n) is 2.63. The van der Waals surface area contributed by atoms with Gasteiger partial charge in [0.15, 0.2) is 0 Å². The number of carbonyl (C=O) groups excluding carboxylic acids is 2. The Morgan fingerprint density at radius 3 is 2.18 bits per heavy atom. The van der Waals surface area contributed by atoms with Gasteiger partial charge >= 0.3 is 18.2 Å². The maximum atomic E-state index is 10.8. The summed E-state index contributed by atoms with van der Waals surface area (Å²) in [5.41, 5.74) is 0. The van der Waals surface area contributed by atoms with Crippen molar-refractivity contribution in [2.45, 2.75) is 52.2 Å². The van der Waals surface area contributed by atoms with Crippen molar-refractivity contribution in [2.75, 3.05) is 0 Å². The monoisotopic (exact) mass is 238 g/mol. The van der Waals surface area contributed by atoms with Gasteiger partial charge in [0.25, 0.3) is 0 Å². The summed E-state index contributed by atoms with van der Waals surface area (Å²) in [7, 11) is 0. The van der Waals surface area contributed by atoms with Gasteiger partial charge in [-0.05, 0) is 24.7 Å². The van der Waals surface area contributed by atoms with Crippen LogP contribution in [0.25, 0.3) is 0 Å². The van der Waals surface area contributed by atoms with Gasteiger partial charge in [0.1, 0.15) is 0 Å². The number of ether oxygens (including phenoxy) is 2. The maximum absolute atomic E-state index is 10.8. The Labute approximate surface area is 102 Å². The molecule has 4 nitrogen and oxygen atoms in total. The highest BCUT2D eigenvalue weighted by molar-refractivity contribution is 5.68. The first-order valence-electron chi connectivity index (χ1n) is 5.90. The highest BCUT2D eigenvalue weighted by Crippen LogP contribution is 2.26. The zero-order valence-corrected chi connectivity index (χ0v) is 10.3. The van der Waals surface area contributed by atoms with E-state index in [9.17, 15) is 9.59 Å². The fourth-order valence-corrected chi connectivity index (χ4v) is 1.89. The minimum absolute atomic E-state index is 0.508. The van der Waals surface area contributed by atoms with Gasteiger partial charge in [-0.15, -0.1) is 0 Å². The van der Waals surface area contributed by atoms with Gasteiger partial charge in [0.05, 0.1) is 0 Å². The van der Waals surface area contributed by atoms with E-state index >= 15 is 0 Å². The summed E-state index contributed by atoms with van der Waals surface area (Å²) in [6.07, 6.45) is 4.67. The maximum Gasteiger partial charge on any atom is 0.311 e. The van der Waals surface area contributed by atoms with E-state index in [1.165, 1.54) is 39.5 Å². The lowest BCUT2D eigenvalue weighted by Crippen LogP contribution is -2.20. The molecule has 0 radical (unpaired) electrons. The molecule has 0 atom stereocenters. The molecule has 0 unspecified atom stereocenters. The average Bonchev–Trinajstić information content (AvgIpc) is 2.68. The normalized spacial score (nSPS) is 15.2. The van der Waals surface area contributed by atoms with Gasteiger partial charge in [0.2, 0.25) is 0 Å². The van der Waals surface area contributed by atoms with Crippen LogP contribution in [0.1, 0.15) is 46.0 Å². The zero-order valence-electron chi connectivity index (χ0n) is 10.3. The molecule has 1 aliphatic rings. The summed E-state index contributed by atoms with van der Waals surface area (Å²) in [4.78, 5) is 21.5. The second kappa shape index (κ2) is 6.95. The fraction of sp³-hybridized carbons (Fsp3) is 0.692. The van der Waals surface area contributed by atoms with Crippen LogP contribution in [-0.4, -0.2) is 18.2 Å². The van der Waals surface area contributed by atoms with E-state index < -0.39 is 18.2 Å². The van der Waals surface area contributed by atoms with E-state index in [0.29, 0.717) is 5.92 Å². The predicted molar refractivity (Wildman–Crippen MR) is 61.7 cm³/mol. The van der Waals surface area contributed by atoms with Gasteiger partial charge in [-0.2, -0.15) is 0 Å². The first-order valence-corrected chi connectivity index (χ1v) is 5.90. The van der Waals surface area contributed by atoms with Crippen LogP contribution in [0.4, 0.5) is 0 Å². The van der Waals surface area contributed by atoms with Crippen LogP contribution in [0.2, 0.25) is 0 Å². The van der Waals surface area contributed by atoms with Crippen molar-refractivity contribution in [1.82, 2.24) is 0 Å². The van der Waals surface area contributed by atoms with Gasteiger partial charge in [0, 0.05) is 20.3 Å². The Morgan fingerprint density at radius 2 is 1.71 bits per heavy atom. The van der Waals surface area contributed by atoms with E-state index in [1.54, 1.807) is 0 Å². The second-order valence-corrected chi connectivity index (χ2v) is 4.23. The average molecular weight is 238 g/mol. The number of hydrogen-bond acceptors (Lipinski definition) is 4. The molecule has 1 saturated carbocycles. The molecule has 0 N–H and O–H groups in total. The topological polar surface area (TPSA) is 52.6 Å². The van der Waals surface area contributed by atoms with Crippen molar-refractivity contribution >= 4 is 11.9 Å². The molecule has 0 heterocycles. The number of rotatable bonds is 3. The molecule has 0 aromatic rings. The Bertz CT molecular complexity index is 315. The Morgan fingerprint density at radius 1 is 1.18 bits per heavy atom. The number of hydrogen-bond donors (Lipinski definition) is 0. The van der Waals surface area contributed by atoms with Crippen molar-refractivity contribution < 1.29 is 19.1 Å². The van der Waals surface area contributed by atoms with Crippen molar-refractivity contribution in [3.8, 4) is 11.8 Å². The van der Waals surface area contributed by atoms with E-state index in [4.69, 9.17) is 9.47 Å². The second-order valence-electron chi connectivity index (χ2n) is 4.23. The van der Waals surface area contributed by atoms with E-state index in [2.05, 4.69) is 11.8 Å². The molecule has 1 aliphatic carbocycles. The third kappa shape index (κ3) is 5.96. The summed E-state index contributed by atoms with van der Waals surface area (Å²) in [5.74, 6) is 5.23. The number of carbonyl (C=O) groups is 2. The van der Waals surface area contributed by atoms with Crippen molar-refractivity contribution in [1.29, 1.82) is 0 Å². The summed E-state index contributed by atoms with van der Waals surface area (Å²) < 4.78 is 9.54. The Hall–Kier alpha value is -1.50. The highest BCUT2D eigenvalue weighted by Gasteiger charge is 2.14. The SMILES string of the molecule is CC(=O)OC(C#CCC1CCCC1)OC(C)=O. The van der Waals surface area contributed by atoms with Crippen molar-refractivity contribution in [3.05, 3.63) is 0 Å². The molecule has 0 saturated heterocycles. The number of esters is 2. The molecule has 0 aliphatic heterocycles. The zero-order chi connectivity index (χ0) is 12.7. The molecule has 0 amide bonds. The van der Waals surface area contributed by atoms with Crippen LogP contribution in [0.5, 0.6) is 0 Å². The standard InChI is InChI=1S/C13H18O4/c1-10(14)16-13(17-11(2)15)9-5-8-12-6-3-4-7-12/h12-13H,3-4,6-8H2,1-2H3. The lowest BCUT2D eigenvalue weighted by molar-refractivity contribution is -0.174. The summed E-state index contributed by atoms with van der Waals surface area (Å²) in [6, 6.07) is 0. The van der Waals surface area contributed by atoms with Crippen LogP contribution in [0, 0.1) is 17.8 Å². The molecule has 0 aromatic carbocycles. The molecule has 94 valence electrons. The predicted octanol–water partition coefficient (Wildman–Crippen LogP) is 2.02. The van der Waals surface area contributed by atoms with Crippen LogP contribution in [-0.2, 0) is 19.1 Å². The van der Waals surface area contributed by atoms with Gasteiger partial charge in [-0.25, -0.2) is 0 Å². The smallest absolute Gasteiger partial charge is 0.311 e. The van der Waals surface area contributed by atoms with Crippen LogP contribution < -0.4 is 0 Å². The molecular formula is C13H18O4. The quantitative estimate of drug-likeness (QED) is 0.429. The van der Waals surface area contributed by atoms with Crippen molar-refractivity contribution in [3.63, 3.8) is 0 Å². The minimum Gasteiger partial charge on any atom is -0.414 e. The van der Waals surface area contributed by atoms with Crippen LogP contribution >= 0.6 is 0 Å². The fourth-order valence-electron chi connectivity index (χ4n) is 1.89. The summed E-state index contributed by atoms with van der Waals surface area (Å²) in [6.45, 7) is 2.52. The lowest BCUT2D eigenvalue weighted by atomic mass is 10.1. The molecule has 0 spiro atoms. The molecule has 4 heteroatoms. The minimum atomic E-state index is -1.06. The molecule has 17 heavy (non-hydrogen) atoms. The lowest BCUT2D eigenvalue weighted by Gasteiger charge is -2.10. The largest absolute Gasteiger partial charge is 0.414 e. The van der Waals surface area contributed by atoms with Crippen molar-refractivity contribution in [2.24, 2.45) is 5.92 Å². The highest BCUT2D eigenvalue weighted by atomic mass is 16.7. The van der Waals surface area contributed by atoms with E-state index in [0.717, 1.165) is 6.42 Å². The molecule has 1 rings (SSSR count). The summed E-state index contributed by atoms with van der Waals surface area (Å²) >= 11 is 0. The Kier molecular flexibility index (Phi) is 5.55. The molecule has 0 aromatic heterocycles. The first kappa shape index (κ1) is 13.6. The van der Waals surface area contributed by atoms with Gasteiger partial charge < -0.3 is 9.47 Å². The van der Waals surface area contributed by atoms with E-state index in [1.807, 2.05) is 0 Å². The third-order valence-corrected chi connectivity index (χ3v) is 2.63. The molecular weight excluding hydrogens is 220 g/mol. The molecule has 1 fully saturated rings. The first-order chi connectivity index (χ1) is 8.08. The van der Waals surface area contributed by atoms with Crippen LogP contribution in [0.3, 0.4) is 0 Å². The van der Waals surface area contributed by atoms with E-state index in [-0.39, 0.29) is 0 Å². The summed E-state index contributed by atoms with van der Waals surface area (Å²) in [5, 5.41) is 0. The van der Waals surface area contributed by atoms with Crippen LogP contribution in [0.15, 0.2) is 0 Å². The Balaban J connectivity index is 2.42.